The Labute approximate surface area is 194 Å². The Kier molecular flexibility index (Phi) is 6.89. The highest BCUT2D eigenvalue weighted by Crippen LogP contribution is 2.19. The lowest BCUT2D eigenvalue weighted by molar-refractivity contribution is -0.122. The van der Waals surface area contributed by atoms with Crippen molar-refractivity contribution in [1.29, 1.82) is 0 Å². The highest BCUT2D eigenvalue weighted by Gasteiger charge is 2.23. The van der Waals surface area contributed by atoms with Crippen LogP contribution in [0.1, 0.15) is 41.2 Å². The standard InChI is InChI=1S/C26H30N4O3/c1-18(21-10-7-11-22(14-21)33-3)27-25(31)17-30-19(2)28-24-12-13-29(16-23(24)26(30)32)15-20-8-5-4-6-9-20/h4-11,14,18H,12-13,15-17H2,1-3H3,(H,27,31). The number of amides is 1. The number of carbonyl (C=O) groups is 1. The van der Waals surface area contributed by atoms with Crippen molar-refractivity contribution in [3.8, 4) is 5.75 Å². The van der Waals surface area contributed by atoms with Crippen LogP contribution in [0.15, 0.2) is 59.4 Å². The molecule has 1 amide bonds. The number of rotatable bonds is 7. The average Bonchev–Trinajstić information content (AvgIpc) is 2.83. The number of carbonyl (C=O) groups excluding carboxylic acids is 1. The minimum absolute atomic E-state index is 0.0576. The normalized spacial score (nSPS) is 14.4. The lowest BCUT2D eigenvalue weighted by atomic mass is 10.1. The van der Waals surface area contributed by atoms with Crippen LogP contribution in [-0.2, 0) is 30.8 Å². The molecule has 0 aliphatic carbocycles. The number of nitrogens with one attached hydrogen (secondary N) is 1. The molecule has 2 heterocycles. The Morgan fingerprint density at radius 2 is 1.97 bits per heavy atom. The molecular weight excluding hydrogens is 416 g/mol. The van der Waals surface area contributed by atoms with Gasteiger partial charge in [0, 0.05) is 26.1 Å². The average molecular weight is 447 g/mol. The summed E-state index contributed by atoms with van der Waals surface area (Å²) in [5.41, 5.74) is 3.57. The number of nitrogens with zero attached hydrogens (tertiary/aromatic N) is 3. The van der Waals surface area contributed by atoms with Gasteiger partial charge < -0.3 is 10.1 Å². The van der Waals surface area contributed by atoms with Crippen LogP contribution < -0.4 is 15.6 Å². The highest BCUT2D eigenvalue weighted by molar-refractivity contribution is 5.76. The summed E-state index contributed by atoms with van der Waals surface area (Å²) in [6.45, 7) is 5.82. The highest BCUT2D eigenvalue weighted by atomic mass is 16.5. The smallest absolute Gasteiger partial charge is 0.258 e. The fourth-order valence-corrected chi connectivity index (χ4v) is 4.28. The van der Waals surface area contributed by atoms with Gasteiger partial charge in [-0.25, -0.2) is 4.98 Å². The van der Waals surface area contributed by atoms with Crippen LogP contribution in [-0.4, -0.2) is 34.0 Å². The summed E-state index contributed by atoms with van der Waals surface area (Å²) < 4.78 is 6.75. The molecule has 172 valence electrons. The Hall–Kier alpha value is -3.45. The number of ether oxygens (including phenoxy) is 1. The van der Waals surface area contributed by atoms with Crippen LogP contribution in [0.3, 0.4) is 0 Å². The van der Waals surface area contributed by atoms with Gasteiger partial charge in [0.25, 0.3) is 5.56 Å². The molecule has 1 aromatic heterocycles. The van der Waals surface area contributed by atoms with E-state index < -0.39 is 0 Å². The van der Waals surface area contributed by atoms with E-state index in [1.54, 1.807) is 14.0 Å². The molecule has 7 nitrogen and oxygen atoms in total. The molecule has 2 aromatic carbocycles. The van der Waals surface area contributed by atoms with Gasteiger partial charge in [-0.15, -0.1) is 0 Å². The summed E-state index contributed by atoms with van der Waals surface area (Å²) in [4.78, 5) is 33.0. The van der Waals surface area contributed by atoms with Crippen LogP contribution >= 0.6 is 0 Å². The minimum atomic E-state index is -0.228. The lowest BCUT2D eigenvalue weighted by Crippen LogP contribution is -2.41. The molecule has 1 aliphatic heterocycles. The molecule has 33 heavy (non-hydrogen) atoms. The van der Waals surface area contributed by atoms with Crippen molar-refractivity contribution in [2.75, 3.05) is 13.7 Å². The second-order valence-corrected chi connectivity index (χ2v) is 8.49. The molecule has 1 atom stereocenters. The summed E-state index contributed by atoms with van der Waals surface area (Å²) >= 11 is 0. The van der Waals surface area contributed by atoms with E-state index in [2.05, 4.69) is 27.3 Å². The lowest BCUT2D eigenvalue weighted by Gasteiger charge is -2.28. The SMILES string of the molecule is COc1cccc(C(C)NC(=O)Cn2c(C)nc3c(c2=O)CN(Cc2ccccc2)CC3)c1. The molecule has 1 unspecified atom stereocenters. The van der Waals surface area contributed by atoms with Crippen molar-refractivity contribution in [3.63, 3.8) is 0 Å². The first-order chi connectivity index (χ1) is 15.9. The van der Waals surface area contributed by atoms with Crippen molar-refractivity contribution in [2.24, 2.45) is 0 Å². The van der Waals surface area contributed by atoms with Crippen LogP contribution in [0.25, 0.3) is 0 Å². The maximum atomic E-state index is 13.3. The van der Waals surface area contributed by atoms with Crippen molar-refractivity contribution in [1.82, 2.24) is 19.8 Å². The maximum absolute atomic E-state index is 13.3. The van der Waals surface area contributed by atoms with E-state index in [4.69, 9.17) is 4.74 Å². The number of methoxy groups -OCH3 is 1. The quantitative estimate of drug-likeness (QED) is 0.604. The summed E-state index contributed by atoms with van der Waals surface area (Å²) in [7, 11) is 1.61. The van der Waals surface area contributed by atoms with Gasteiger partial charge >= 0.3 is 0 Å². The molecule has 1 N–H and O–H groups in total. The first-order valence-electron chi connectivity index (χ1n) is 11.2. The molecule has 1 aliphatic rings. The number of aromatic nitrogens is 2. The molecule has 0 radical (unpaired) electrons. The van der Waals surface area contributed by atoms with Gasteiger partial charge in [0.2, 0.25) is 5.91 Å². The topological polar surface area (TPSA) is 76.5 Å². The summed E-state index contributed by atoms with van der Waals surface area (Å²) in [5.74, 6) is 1.08. The number of fused-ring (bicyclic) bond motifs is 1. The first-order valence-corrected chi connectivity index (χ1v) is 11.2. The Balaban J connectivity index is 1.48. The summed E-state index contributed by atoms with van der Waals surface area (Å²) in [6, 6.07) is 17.6. The summed E-state index contributed by atoms with van der Waals surface area (Å²) in [5, 5.41) is 2.98. The van der Waals surface area contributed by atoms with Crippen LogP contribution in [0, 0.1) is 6.92 Å². The van der Waals surface area contributed by atoms with Crippen LogP contribution in [0.5, 0.6) is 5.75 Å². The van der Waals surface area contributed by atoms with Gasteiger partial charge in [0.1, 0.15) is 18.1 Å². The Morgan fingerprint density at radius 3 is 2.73 bits per heavy atom. The number of benzene rings is 2. The third-order valence-corrected chi connectivity index (χ3v) is 6.11. The predicted molar refractivity (Wildman–Crippen MR) is 127 cm³/mol. The van der Waals surface area contributed by atoms with E-state index in [0.717, 1.165) is 36.5 Å². The Bertz CT molecular complexity index is 1190. The fraction of sp³-hybridized carbons (Fsp3) is 0.346. The zero-order valence-corrected chi connectivity index (χ0v) is 19.4. The maximum Gasteiger partial charge on any atom is 0.258 e. The van der Waals surface area contributed by atoms with E-state index in [1.807, 2.05) is 49.4 Å². The molecule has 7 heteroatoms. The van der Waals surface area contributed by atoms with E-state index in [9.17, 15) is 9.59 Å². The van der Waals surface area contributed by atoms with Crippen LogP contribution in [0.4, 0.5) is 0 Å². The van der Waals surface area contributed by atoms with Gasteiger partial charge in [-0.2, -0.15) is 0 Å². The fourth-order valence-electron chi connectivity index (χ4n) is 4.28. The summed E-state index contributed by atoms with van der Waals surface area (Å²) in [6.07, 6.45) is 0.734. The molecule has 0 saturated heterocycles. The van der Waals surface area contributed by atoms with Gasteiger partial charge in [-0.1, -0.05) is 42.5 Å². The van der Waals surface area contributed by atoms with Crippen molar-refractivity contribution in [3.05, 3.63) is 93.2 Å². The number of aryl methyl sites for hydroxylation is 1. The molecule has 3 aromatic rings. The van der Waals surface area contributed by atoms with Crippen molar-refractivity contribution < 1.29 is 9.53 Å². The first kappa shape index (κ1) is 22.7. The van der Waals surface area contributed by atoms with Crippen molar-refractivity contribution >= 4 is 5.91 Å². The van der Waals surface area contributed by atoms with Gasteiger partial charge in [-0.3, -0.25) is 19.1 Å². The second-order valence-electron chi connectivity index (χ2n) is 8.49. The van der Waals surface area contributed by atoms with E-state index in [-0.39, 0.29) is 24.1 Å². The number of hydrogen-bond donors (Lipinski definition) is 1. The zero-order chi connectivity index (χ0) is 23.4. The molecular formula is C26H30N4O3. The molecule has 0 spiro atoms. The van der Waals surface area contributed by atoms with E-state index >= 15 is 0 Å². The largest absolute Gasteiger partial charge is 0.497 e. The third-order valence-electron chi connectivity index (χ3n) is 6.11. The van der Waals surface area contributed by atoms with Gasteiger partial charge in [0.15, 0.2) is 0 Å². The van der Waals surface area contributed by atoms with Gasteiger partial charge in [0.05, 0.1) is 24.4 Å². The van der Waals surface area contributed by atoms with Crippen molar-refractivity contribution in [2.45, 2.75) is 45.9 Å². The van der Waals surface area contributed by atoms with E-state index in [1.165, 1.54) is 10.1 Å². The monoisotopic (exact) mass is 446 g/mol. The van der Waals surface area contributed by atoms with E-state index in [0.29, 0.717) is 17.9 Å². The molecule has 4 rings (SSSR count). The number of hydrogen-bond acceptors (Lipinski definition) is 5. The third kappa shape index (κ3) is 5.31. The molecule has 0 fully saturated rings. The predicted octanol–water partition coefficient (Wildman–Crippen LogP) is 3.00. The molecule has 0 saturated carbocycles. The minimum Gasteiger partial charge on any atom is -0.497 e. The van der Waals surface area contributed by atoms with Crippen LogP contribution in [0.2, 0.25) is 0 Å². The zero-order valence-electron chi connectivity index (χ0n) is 19.4. The van der Waals surface area contributed by atoms with Gasteiger partial charge in [-0.05, 0) is 37.1 Å². The molecule has 0 bridgehead atoms. The second kappa shape index (κ2) is 10.0. The Morgan fingerprint density at radius 1 is 1.18 bits per heavy atom.